The van der Waals surface area contributed by atoms with Gasteiger partial charge in [0.1, 0.15) is 0 Å². The van der Waals surface area contributed by atoms with Crippen LogP contribution in [0.1, 0.15) is 33.6 Å². The Balaban J connectivity index is 2.70. The third-order valence-electron chi connectivity index (χ3n) is 3.23. The Morgan fingerprint density at radius 1 is 1.59 bits per heavy atom. The molecule has 3 unspecified atom stereocenters. The molecule has 1 saturated heterocycles. The fourth-order valence-corrected chi connectivity index (χ4v) is 2.36. The van der Waals surface area contributed by atoms with Gasteiger partial charge in [0, 0.05) is 0 Å². The summed E-state index contributed by atoms with van der Waals surface area (Å²) in [5.41, 5.74) is 0.000367. The van der Waals surface area contributed by atoms with Crippen molar-refractivity contribution in [3.63, 3.8) is 0 Å². The second-order valence-corrected chi connectivity index (χ2v) is 5.59. The number of hydrogen-bond donors (Lipinski definition) is 2. The maximum atomic E-state index is 10.6. The molecule has 0 aromatic rings. The zero-order valence-electron chi connectivity index (χ0n) is 10.6. The molecule has 5 nitrogen and oxygen atoms in total. The first-order valence-electron chi connectivity index (χ1n) is 5.82. The average Bonchev–Trinajstić information content (AvgIpc) is 2.18. The van der Waals surface area contributed by atoms with E-state index in [1.807, 2.05) is 0 Å². The summed E-state index contributed by atoms with van der Waals surface area (Å²) in [5, 5.41) is 19.9. The van der Waals surface area contributed by atoms with Crippen LogP contribution in [0.15, 0.2) is 0 Å². The van der Waals surface area contributed by atoms with Gasteiger partial charge in [-0.1, -0.05) is 20.8 Å². The normalized spacial score (nSPS) is 29.4. The van der Waals surface area contributed by atoms with Gasteiger partial charge >= 0.3 is 6.09 Å². The van der Waals surface area contributed by atoms with Crippen LogP contribution >= 0.6 is 0 Å². The van der Waals surface area contributed by atoms with E-state index in [0.29, 0.717) is 13.0 Å². The molecular weight excluding hydrogens is 220 g/mol. The van der Waals surface area contributed by atoms with Crippen molar-refractivity contribution in [2.24, 2.45) is 11.3 Å². The lowest BCUT2D eigenvalue weighted by molar-refractivity contribution is -0.0738. The van der Waals surface area contributed by atoms with Gasteiger partial charge in [-0.05, 0) is 17.8 Å². The zero-order chi connectivity index (χ0) is 13.1. The highest BCUT2D eigenvalue weighted by Crippen LogP contribution is 2.37. The molecule has 0 spiro atoms. The van der Waals surface area contributed by atoms with Crippen molar-refractivity contribution < 1.29 is 14.6 Å². The van der Waals surface area contributed by atoms with Crippen molar-refractivity contribution in [3.8, 4) is 6.07 Å². The van der Waals surface area contributed by atoms with E-state index in [-0.39, 0.29) is 23.5 Å². The quantitative estimate of drug-likeness (QED) is 0.773. The number of carboxylic acid groups (broad SMARTS) is 1. The average molecular weight is 240 g/mol. The summed E-state index contributed by atoms with van der Waals surface area (Å²) < 4.78 is 5.62. The van der Waals surface area contributed by atoms with Crippen LogP contribution in [0.3, 0.4) is 0 Å². The molecule has 0 aliphatic carbocycles. The Morgan fingerprint density at radius 2 is 2.24 bits per heavy atom. The molecule has 1 aliphatic heterocycles. The molecular formula is C12H20N2O3. The van der Waals surface area contributed by atoms with Gasteiger partial charge in [0.2, 0.25) is 0 Å². The highest BCUT2D eigenvalue weighted by molar-refractivity contribution is 5.64. The van der Waals surface area contributed by atoms with Crippen molar-refractivity contribution in [2.45, 2.75) is 45.8 Å². The number of hydrogen-bond acceptors (Lipinski definition) is 3. The van der Waals surface area contributed by atoms with Crippen molar-refractivity contribution >= 4 is 6.09 Å². The Hall–Kier alpha value is -1.28. The summed E-state index contributed by atoms with van der Waals surface area (Å²) in [7, 11) is 0. The molecule has 0 saturated carbocycles. The molecule has 0 aromatic heterocycles. The van der Waals surface area contributed by atoms with Gasteiger partial charge in [-0.2, -0.15) is 5.26 Å². The highest BCUT2D eigenvalue weighted by Gasteiger charge is 2.38. The second-order valence-electron chi connectivity index (χ2n) is 5.59. The standard InChI is InChI=1S/C12H20N2O3/c1-12(2,3)9-6-8(14-11(15)16)7-17-10(9)4-5-13/h8-10,14H,4,6-7H2,1-3H3,(H,15,16). The summed E-state index contributed by atoms with van der Waals surface area (Å²) in [6.45, 7) is 6.63. The minimum Gasteiger partial charge on any atom is -0.465 e. The summed E-state index contributed by atoms with van der Waals surface area (Å²) in [6, 6.07) is 1.96. The first-order chi connectivity index (χ1) is 7.84. The molecule has 0 aromatic carbocycles. The number of nitrogens with one attached hydrogen (secondary N) is 1. The molecule has 1 rings (SSSR count). The molecule has 17 heavy (non-hydrogen) atoms. The molecule has 5 heteroatoms. The van der Waals surface area contributed by atoms with E-state index in [9.17, 15) is 4.79 Å². The number of rotatable bonds is 2. The largest absolute Gasteiger partial charge is 0.465 e. The third kappa shape index (κ3) is 3.90. The van der Waals surface area contributed by atoms with Crippen LogP contribution in [-0.4, -0.2) is 30.0 Å². The van der Waals surface area contributed by atoms with Crippen LogP contribution in [-0.2, 0) is 4.74 Å². The van der Waals surface area contributed by atoms with Crippen LogP contribution in [0, 0.1) is 22.7 Å². The fraction of sp³-hybridized carbons (Fsp3) is 0.833. The van der Waals surface area contributed by atoms with E-state index in [2.05, 4.69) is 32.2 Å². The number of nitrogens with zero attached hydrogens (tertiary/aromatic N) is 1. The van der Waals surface area contributed by atoms with Crippen LogP contribution < -0.4 is 5.32 Å². The summed E-state index contributed by atoms with van der Waals surface area (Å²) >= 11 is 0. The number of nitriles is 1. The molecule has 3 atom stereocenters. The van der Waals surface area contributed by atoms with E-state index in [4.69, 9.17) is 15.1 Å². The Labute approximate surface area is 102 Å². The first kappa shape index (κ1) is 13.8. The second kappa shape index (κ2) is 5.37. The lowest BCUT2D eigenvalue weighted by Gasteiger charge is -2.42. The van der Waals surface area contributed by atoms with Crippen molar-refractivity contribution in [1.29, 1.82) is 5.26 Å². The van der Waals surface area contributed by atoms with Gasteiger partial charge in [0.15, 0.2) is 0 Å². The van der Waals surface area contributed by atoms with Crippen LogP contribution in [0.5, 0.6) is 0 Å². The van der Waals surface area contributed by atoms with Crippen LogP contribution in [0.25, 0.3) is 0 Å². The van der Waals surface area contributed by atoms with Crippen molar-refractivity contribution in [2.75, 3.05) is 6.61 Å². The molecule has 1 fully saturated rings. The molecule has 1 heterocycles. The van der Waals surface area contributed by atoms with E-state index < -0.39 is 6.09 Å². The smallest absolute Gasteiger partial charge is 0.404 e. The van der Waals surface area contributed by atoms with E-state index >= 15 is 0 Å². The number of carbonyl (C=O) groups is 1. The fourth-order valence-electron chi connectivity index (χ4n) is 2.36. The molecule has 0 bridgehead atoms. The zero-order valence-corrected chi connectivity index (χ0v) is 10.6. The van der Waals surface area contributed by atoms with E-state index in [1.165, 1.54) is 0 Å². The molecule has 1 amide bonds. The molecule has 2 N–H and O–H groups in total. The maximum Gasteiger partial charge on any atom is 0.404 e. The Kier molecular flexibility index (Phi) is 4.35. The minimum atomic E-state index is -1.02. The molecule has 0 radical (unpaired) electrons. The monoisotopic (exact) mass is 240 g/mol. The van der Waals surface area contributed by atoms with Crippen LogP contribution in [0.2, 0.25) is 0 Å². The van der Waals surface area contributed by atoms with Gasteiger partial charge in [-0.3, -0.25) is 0 Å². The topological polar surface area (TPSA) is 82.3 Å². The summed E-state index contributed by atoms with van der Waals surface area (Å²) in [4.78, 5) is 10.6. The number of ether oxygens (including phenoxy) is 1. The molecule has 1 aliphatic rings. The van der Waals surface area contributed by atoms with Gasteiger partial charge in [0.05, 0.1) is 31.2 Å². The predicted molar refractivity (Wildman–Crippen MR) is 62.5 cm³/mol. The van der Waals surface area contributed by atoms with Gasteiger partial charge < -0.3 is 15.2 Å². The van der Waals surface area contributed by atoms with E-state index in [1.54, 1.807) is 0 Å². The van der Waals surface area contributed by atoms with E-state index in [0.717, 1.165) is 6.42 Å². The van der Waals surface area contributed by atoms with Crippen LogP contribution in [0.4, 0.5) is 4.79 Å². The first-order valence-corrected chi connectivity index (χ1v) is 5.82. The lowest BCUT2D eigenvalue weighted by atomic mass is 9.72. The number of amides is 1. The third-order valence-corrected chi connectivity index (χ3v) is 3.23. The predicted octanol–water partition coefficient (Wildman–Crippen LogP) is 1.99. The molecule has 96 valence electrons. The van der Waals surface area contributed by atoms with Crippen molar-refractivity contribution in [3.05, 3.63) is 0 Å². The maximum absolute atomic E-state index is 10.6. The Morgan fingerprint density at radius 3 is 2.71 bits per heavy atom. The summed E-state index contributed by atoms with van der Waals surface area (Å²) in [6.07, 6.45) is -0.0269. The minimum absolute atomic E-state index is 0.000367. The van der Waals surface area contributed by atoms with Gasteiger partial charge in [-0.25, -0.2) is 4.79 Å². The lowest BCUT2D eigenvalue weighted by Crippen LogP contribution is -2.49. The Bertz CT molecular complexity index is 317. The summed E-state index contributed by atoms with van der Waals surface area (Å²) in [5.74, 6) is 0.188. The van der Waals surface area contributed by atoms with Gasteiger partial charge in [-0.15, -0.1) is 0 Å². The SMILES string of the molecule is CC(C)(C)C1CC(NC(=O)O)COC1CC#N. The van der Waals surface area contributed by atoms with Crippen molar-refractivity contribution in [1.82, 2.24) is 5.32 Å². The van der Waals surface area contributed by atoms with Gasteiger partial charge in [0.25, 0.3) is 0 Å². The highest BCUT2D eigenvalue weighted by atomic mass is 16.5.